The van der Waals surface area contributed by atoms with E-state index in [-0.39, 0.29) is 0 Å². The van der Waals surface area contributed by atoms with Crippen molar-refractivity contribution in [2.45, 2.75) is 26.7 Å². The summed E-state index contributed by atoms with van der Waals surface area (Å²) in [5.41, 5.74) is 9.97. The first-order valence-corrected chi connectivity index (χ1v) is 10.1. The van der Waals surface area contributed by atoms with E-state index in [0.29, 0.717) is 11.6 Å². The number of nitrogens with two attached hydrogens (primary N) is 1. The average Bonchev–Trinajstić information content (AvgIpc) is 2.77. The maximum Gasteiger partial charge on any atom is 0.156 e. The predicted molar refractivity (Wildman–Crippen MR) is 124 cm³/mol. The Morgan fingerprint density at radius 2 is 1.90 bits per heavy atom. The molecule has 0 aliphatic rings. The van der Waals surface area contributed by atoms with E-state index < -0.39 is 0 Å². The lowest BCUT2D eigenvalue weighted by Gasteiger charge is -2.23. The highest BCUT2D eigenvalue weighted by atomic mass is 15.2. The third kappa shape index (κ3) is 5.08. The van der Waals surface area contributed by atoms with Crippen LogP contribution in [0.5, 0.6) is 0 Å². The maximum atomic E-state index is 5.72. The smallest absolute Gasteiger partial charge is 0.156 e. The van der Waals surface area contributed by atoms with Gasteiger partial charge in [0.05, 0.1) is 22.9 Å². The van der Waals surface area contributed by atoms with Crippen molar-refractivity contribution in [3.05, 3.63) is 48.4 Å². The molecule has 0 aromatic carbocycles. The van der Waals surface area contributed by atoms with E-state index in [9.17, 15) is 0 Å². The fourth-order valence-electron chi connectivity index (χ4n) is 3.22. The molecule has 0 atom stereocenters. The second-order valence-corrected chi connectivity index (χ2v) is 6.88. The molecule has 3 N–H and O–H groups in total. The molecule has 3 aromatic rings. The molecule has 0 spiro atoms. The third-order valence-corrected chi connectivity index (χ3v) is 4.57. The van der Waals surface area contributed by atoms with E-state index in [0.717, 1.165) is 53.8 Å². The van der Waals surface area contributed by atoms with Crippen LogP contribution in [0.4, 0.5) is 17.3 Å². The molecule has 8 heteroatoms. The molecule has 156 valence electrons. The molecule has 8 nitrogen and oxygen atoms in total. The number of anilines is 3. The summed E-state index contributed by atoms with van der Waals surface area (Å²) < 4.78 is 0. The zero-order valence-corrected chi connectivity index (χ0v) is 17.7. The highest BCUT2D eigenvalue weighted by molar-refractivity contribution is 6.10. The first kappa shape index (κ1) is 21.2. The van der Waals surface area contributed by atoms with E-state index in [1.54, 1.807) is 25.7 Å². The minimum atomic E-state index is 0.654. The molecule has 0 bridgehead atoms. The molecule has 0 saturated heterocycles. The molecule has 0 aliphatic heterocycles. The van der Waals surface area contributed by atoms with E-state index >= 15 is 0 Å². The van der Waals surface area contributed by atoms with Crippen LogP contribution in [-0.4, -0.2) is 46.5 Å². The average molecular weight is 405 g/mol. The Bertz CT molecular complexity index is 1040. The quantitative estimate of drug-likeness (QED) is 0.523. The number of aliphatic imine (C=N–C) groups is 1. The van der Waals surface area contributed by atoms with Gasteiger partial charge in [-0.05, 0) is 31.0 Å². The number of nitrogens with one attached hydrogen (secondary N) is 1. The molecule has 3 rings (SSSR count). The van der Waals surface area contributed by atoms with Gasteiger partial charge < -0.3 is 16.0 Å². The summed E-state index contributed by atoms with van der Waals surface area (Å²) in [6.07, 6.45) is 8.93. The number of rotatable bonds is 9. The Morgan fingerprint density at radius 1 is 1.10 bits per heavy atom. The summed E-state index contributed by atoms with van der Waals surface area (Å²) in [4.78, 5) is 15.5. The number of aromatic nitrogens is 4. The normalized spacial score (nSPS) is 11.9. The molecule has 3 heterocycles. The van der Waals surface area contributed by atoms with Gasteiger partial charge in [0.1, 0.15) is 5.82 Å². The largest absolute Gasteiger partial charge is 0.404 e. The van der Waals surface area contributed by atoms with Crippen molar-refractivity contribution in [3.8, 4) is 0 Å². The van der Waals surface area contributed by atoms with E-state index in [1.807, 2.05) is 24.3 Å². The molecule has 0 amide bonds. The SMILES string of the molecule is CCCN(CCC)c1cnnc(Nc2ccc3ncc(C(C=NC)=CN)cc3n2)c1. The molecular weight excluding hydrogens is 376 g/mol. The number of hydrogen-bond donors (Lipinski definition) is 2. The van der Waals surface area contributed by atoms with Crippen LogP contribution in [0.1, 0.15) is 32.3 Å². The monoisotopic (exact) mass is 404 g/mol. The summed E-state index contributed by atoms with van der Waals surface area (Å²) in [6.45, 7) is 6.32. The topological polar surface area (TPSA) is 105 Å². The fraction of sp³-hybridized carbons (Fsp3) is 0.318. The van der Waals surface area contributed by atoms with Crippen LogP contribution in [0, 0.1) is 0 Å². The lowest BCUT2D eigenvalue weighted by atomic mass is 10.1. The van der Waals surface area contributed by atoms with E-state index in [2.05, 4.69) is 49.2 Å². The highest BCUT2D eigenvalue weighted by Crippen LogP contribution is 2.22. The van der Waals surface area contributed by atoms with Crippen molar-refractivity contribution in [2.24, 2.45) is 10.7 Å². The second-order valence-electron chi connectivity index (χ2n) is 6.88. The van der Waals surface area contributed by atoms with Crippen LogP contribution in [-0.2, 0) is 0 Å². The van der Waals surface area contributed by atoms with Gasteiger partial charge in [0.15, 0.2) is 5.82 Å². The Morgan fingerprint density at radius 3 is 2.60 bits per heavy atom. The van der Waals surface area contributed by atoms with Crippen molar-refractivity contribution in [1.29, 1.82) is 0 Å². The maximum absolute atomic E-state index is 5.72. The minimum Gasteiger partial charge on any atom is -0.404 e. The minimum absolute atomic E-state index is 0.654. The first-order chi connectivity index (χ1) is 14.7. The molecular formula is C22H28N8. The molecule has 0 fully saturated rings. The third-order valence-electron chi connectivity index (χ3n) is 4.57. The summed E-state index contributed by atoms with van der Waals surface area (Å²) in [6, 6.07) is 7.75. The standard InChI is InChI=1S/C22H28N8/c1-4-8-30(9-5-2)18-11-22(29-26-15-18)28-21-7-6-19-20(27-21)10-16(14-25-19)17(12-23)13-24-3/h6-7,10-15H,4-5,8-9,23H2,1-3H3,(H,27,28,29). The Kier molecular flexibility index (Phi) is 7.26. The van der Waals surface area contributed by atoms with Gasteiger partial charge in [-0.1, -0.05) is 13.8 Å². The molecule has 0 unspecified atom stereocenters. The van der Waals surface area contributed by atoms with Crippen LogP contribution in [0.2, 0.25) is 0 Å². The van der Waals surface area contributed by atoms with Crippen molar-refractivity contribution in [1.82, 2.24) is 20.2 Å². The molecule has 0 aliphatic carbocycles. The van der Waals surface area contributed by atoms with Crippen molar-refractivity contribution in [2.75, 3.05) is 30.4 Å². The Hall–Kier alpha value is -3.55. The lowest BCUT2D eigenvalue weighted by Crippen LogP contribution is -2.25. The zero-order valence-electron chi connectivity index (χ0n) is 17.7. The Balaban J connectivity index is 1.87. The van der Waals surface area contributed by atoms with Gasteiger partial charge in [0.2, 0.25) is 0 Å². The van der Waals surface area contributed by atoms with Gasteiger partial charge in [-0.25, -0.2) is 4.98 Å². The van der Waals surface area contributed by atoms with E-state index in [4.69, 9.17) is 5.73 Å². The van der Waals surface area contributed by atoms with Crippen molar-refractivity contribution < 1.29 is 0 Å². The number of pyridine rings is 2. The van der Waals surface area contributed by atoms with Crippen molar-refractivity contribution in [3.63, 3.8) is 0 Å². The van der Waals surface area contributed by atoms with Crippen LogP contribution < -0.4 is 16.0 Å². The molecule has 30 heavy (non-hydrogen) atoms. The van der Waals surface area contributed by atoms with Crippen molar-refractivity contribution >= 4 is 40.1 Å². The molecule has 0 radical (unpaired) electrons. The Labute approximate surface area is 177 Å². The van der Waals surface area contributed by atoms with E-state index in [1.165, 1.54) is 6.20 Å². The van der Waals surface area contributed by atoms with Gasteiger partial charge in [-0.2, -0.15) is 5.10 Å². The van der Waals surface area contributed by atoms with Gasteiger partial charge in [0, 0.05) is 56.0 Å². The highest BCUT2D eigenvalue weighted by Gasteiger charge is 2.09. The lowest BCUT2D eigenvalue weighted by molar-refractivity contribution is 0.741. The predicted octanol–water partition coefficient (Wildman–Crippen LogP) is 3.79. The fourth-order valence-corrected chi connectivity index (χ4v) is 3.22. The number of allylic oxidation sites excluding steroid dienone is 1. The zero-order chi connectivity index (χ0) is 21.3. The van der Waals surface area contributed by atoms with Crippen LogP contribution in [0.15, 0.2) is 47.9 Å². The van der Waals surface area contributed by atoms with Gasteiger partial charge >= 0.3 is 0 Å². The summed E-state index contributed by atoms with van der Waals surface area (Å²) >= 11 is 0. The van der Waals surface area contributed by atoms with Gasteiger partial charge in [-0.15, -0.1) is 5.10 Å². The van der Waals surface area contributed by atoms with Crippen LogP contribution >= 0.6 is 0 Å². The van der Waals surface area contributed by atoms with Crippen LogP contribution in [0.3, 0.4) is 0 Å². The second kappa shape index (κ2) is 10.3. The van der Waals surface area contributed by atoms with Gasteiger partial charge in [0.25, 0.3) is 0 Å². The number of hydrogen-bond acceptors (Lipinski definition) is 8. The number of fused-ring (bicyclic) bond motifs is 1. The van der Waals surface area contributed by atoms with Crippen LogP contribution in [0.25, 0.3) is 16.6 Å². The number of nitrogens with zero attached hydrogens (tertiary/aromatic N) is 6. The van der Waals surface area contributed by atoms with Gasteiger partial charge in [-0.3, -0.25) is 9.98 Å². The summed E-state index contributed by atoms with van der Waals surface area (Å²) in [5, 5.41) is 11.6. The first-order valence-electron chi connectivity index (χ1n) is 10.1. The summed E-state index contributed by atoms with van der Waals surface area (Å²) in [7, 11) is 1.70. The molecule has 3 aromatic heterocycles. The molecule has 0 saturated carbocycles. The summed E-state index contributed by atoms with van der Waals surface area (Å²) in [5.74, 6) is 1.33.